The predicted octanol–water partition coefficient (Wildman–Crippen LogP) is 5.55. The predicted molar refractivity (Wildman–Crippen MR) is 96.4 cm³/mol. The van der Waals surface area contributed by atoms with E-state index >= 15 is 0 Å². The Morgan fingerprint density at radius 2 is 2.04 bits per heavy atom. The molecule has 0 saturated carbocycles. The number of carbonyl (C=O) groups excluding carboxylic acids is 1. The summed E-state index contributed by atoms with van der Waals surface area (Å²) in [7, 11) is 0. The summed E-state index contributed by atoms with van der Waals surface area (Å²) in [5.74, 6) is -0.309. The molecule has 7 heteroatoms. The van der Waals surface area contributed by atoms with Gasteiger partial charge in [0.25, 0.3) is 0 Å². The molecule has 0 atom stereocenters. The highest BCUT2D eigenvalue weighted by Crippen LogP contribution is 2.46. The van der Waals surface area contributed by atoms with Crippen LogP contribution in [-0.2, 0) is 4.74 Å². The summed E-state index contributed by atoms with van der Waals surface area (Å²) in [6.45, 7) is 7.15. The number of nitrogens with two attached hydrogens (primary N) is 1. The number of aryl methyl sites for hydroxylation is 1. The lowest BCUT2D eigenvalue weighted by Gasteiger charge is -2.20. The van der Waals surface area contributed by atoms with Crippen LogP contribution >= 0.6 is 27.3 Å². The van der Waals surface area contributed by atoms with E-state index in [1.165, 1.54) is 23.5 Å². The Hall–Kier alpha value is -1.60. The number of ether oxygens (including phenoxy) is 1. The van der Waals surface area contributed by atoms with Crippen molar-refractivity contribution in [3.8, 4) is 10.4 Å². The van der Waals surface area contributed by atoms with Gasteiger partial charge in [-0.05, 0) is 66.9 Å². The molecule has 0 spiro atoms. The third kappa shape index (κ3) is 4.23. The molecule has 0 fully saturated rings. The molecule has 0 radical (unpaired) electrons. The lowest BCUT2D eigenvalue weighted by molar-refractivity contribution is 0.0636. The summed E-state index contributed by atoms with van der Waals surface area (Å²) < 4.78 is 19.3. The Morgan fingerprint density at radius 3 is 2.61 bits per heavy atom. The van der Waals surface area contributed by atoms with E-state index < -0.39 is 11.7 Å². The van der Waals surface area contributed by atoms with Gasteiger partial charge in [-0.15, -0.1) is 11.3 Å². The Kier molecular flexibility index (Phi) is 5.01. The maximum Gasteiger partial charge on any atom is 0.412 e. The average Bonchev–Trinajstić information content (AvgIpc) is 2.65. The number of anilines is 2. The number of amides is 1. The van der Waals surface area contributed by atoms with E-state index in [0.29, 0.717) is 15.2 Å². The van der Waals surface area contributed by atoms with E-state index in [9.17, 15) is 9.18 Å². The first-order chi connectivity index (χ1) is 10.6. The molecule has 124 valence electrons. The number of carbonyl (C=O) groups is 1. The molecule has 3 N–H and O–H groups in total. The van der Waals surface area contributed by atoms with Crippen molar-refractivity contribution >= 4 is 44.7 Å². The van der Waals surface area contributed by atoms with Gasteiger partial charge in [0, 0.05) is 0 Å². The molecule has 23 heavy (non-hydrogen) atoms. The molecular weight excluding hydrogens is 383 g/mol. The fourth-order valence-electron chi connectivity index (χ4n) is 2.02. The van der Waals surface area contributed by atoms with Crippen molar-refractivity contribution in [3.05, 3.63) is 33.4 Å². The van der Waals surface area contributed by atoms with Crippen molar-refractivity contribution in [1.82, 2.24) is 0 Å². The summed E-state index contributed by atoms with van der Waals surface area (Å²) in [6.07, 6.45) is -0.587. The van der Waals surface area contributed by atoms with Crippen molar-refractivity contribution in [2.75, 3.05) is 11.1 Å². The first-order valence-electron chi connectivity index (χ1n) is 6.93. The van der Waals surface area contributed by atoms with Crippen molar-refractivity contribution in [3.63, 3.8) is 0 Å². The minimum absolute atomic E-state index is 0.309. The summed E-state index contributed by atoms with van der Waals surface area (Å²) >= 11 is 4.75. The van der Waals surface area contributed by atoms with E-state index in [1.54, 1.807) is 33.8 Å². The molecule has 0 saturated heterocycles. The van der Waals surface area contributed by atoms with Crippen LogP contribution in [-0.4, -0.2) is 11.7 Å². The van der Waals surface area contributed by atoms with Crippen LogP contribution in [0, 0.1) is 12.7 Å². The molecule has 1 heterocycles. The van der Waals surface area contributed by atoms with Gasteiger partial charge in [0.05, 0.1) is 20.0 Å². The second-order valence-electron chi connectivity index (χ2n) is 6.08. The number of rotatable bonds is 2. The second-order valence-corrected chi connectivity index (χ2v) is 8.42. The molecule has 2 aromatic rings. The van der Waals surface area contributed by atoms with Gasteiger partial charge in [0.1, 0.15) is 11.4 Å². The summed E-state index contributed by atoms with van der Waals surface area (Å²) in [5, 5.41) is 2.70. The molecule has 0 bridgehead atoms. The van der Waals surface area contributed by atoms with Gasteiger partial charge in [0.2, 0.25) is 0 Å². The van der Waals surface area contributed by atoms with Gasteiger partial charge in [-0.1, -0.05) is 6.07 Å². The molecule has 0 aliphatic heterocycles. The highest BCUT2D eigenvalue weighted by molar-refractivity contribution is 9.11. The molecule has 0 aliphatic carbocycles. The van der Waals surface area contributed by atoms with Crippen LogP contribution in [0.3, 0.4) is 0 Å². The first kappa shape index (κ1) is 17.7. The number of thiophene rings is 1. The van der Waals surface area contributed by atoms with E-state index in [0.717, 1.165) is 16.0 Å². The standard InChI is InChI=1S/C16H18BrFN2O2S/c1-8-7-9(18)5-6-10(8)13-12(11(19)14(17)23-13)20-15(21)22-16(2,3)4/h5-7H,19H2,1-4H3,(H,20,21). The summed E-state index contributed by atoms with van der Waals surface area (Å²) in [4.78, 5) is 12.8. The van der Waals surface area contributed by atoms with Gasteiger partial charge in [0.15, 0.2) is 0 Å². The highest BCUT2D eigenvalue weighted by Gasteiger charge is 2.22. The number of nitrogen functional groups attached to an aromatic ring is 1. The Bertz CT molecular complexity index is 753. The van der Waals surface area contributed by atoms with Gasteiger partial charge in [-0.25, -0.2) is 9.18 Å². The highest BCUT2D eigenvalue weighted by atomic mass is 79.9. The summed E-state index contributed by atoms with van der Waals surface area (Å²) in [6, 6.07) is 4.49. The minimum atomic E-state index is -0.613. The van der Waals surface area contributed by atoms with Gasteiger partial charge in [-0.2, -0.15) is 0 Å². The first-order valence-corrected chi connectivity index (χ1v) is 8.53. The number of halogens is 2. The fourth-order valence-corrected chi connectivity index (χ4v) is 3.69. The normalized spacial score (nSPS) is 11.4. The number of hydrogen-bond donors (Lipinski definition) is 2. The van der Waals surface area contributed by atoms with Gasteiger partial charge < -0.3 is 10.5 Å². The Labute approximate surface area is 147 Å². The maximum absolute atomic E-state index is 13.3. The van der Waals surface area contributed by atoms with Crippen LogP contribution in [0.15, 0.2) is 22.0 Å². The zero-order valence-corrected chi connectivity index (χ0v) is 15.7. The van der Waals surface area contributed by atoms with Crippen LogP contribution in [0.2, 0.25) is 0 Å². The number of benzene rings is 1. The molecular formula is C16H18BrFN2O2S. The topological polar surface area (TPSA) is 64.3 Å². The Morgan fingerprint density at radius 1 is 1.39 bits per heavy atom. The molecule has 1 aromatic heterocycles. The fraction of sp³-hybridized carbons (Fsp3) is 0.312. The zero-order valence-electron chi connectivity index (χ0n) is 13.3. The lowest BCUT2D eigenvalue weighted by atomic mass is 10.1. The molecule has 0 unspecified atom stereocenters. The van der Waals surface area contributed by atoms with E-state index in [4.69, 9.17) is 10.5 Å². The van der Waals surface area contributed by atoms with Crippen LogP contribution in [0.1, 0.15) is 26.3 Å². The SMILES string of the molecule is Cc1cc(F)ccc1-c1sc(Br)c(N)c1NC(=O)OC(C)(C)C. The van der Waals surface area contributed by atoms with Gasteiger partial charge >= 0.3 is 6.09 Å². The van der Waals surface area contributed by atoms with Crippen molar-refractivity contribution < 1.29 is 13.9 Å². The van der Waals surface area contributed by atoms with Crippen LogP contribution in [0.5, 0.6) is 0 Å². The zero-order chi connectivity index (χ0) is 17.4. The number of nitrogens with one attached hydrogen (secondary N) is 1. The van der Waals surface area contributed by atoms with Crippen molar-refractivity contribution in [1.29, 1.82) is 0 Å². The minimum Gasteiger partial charge on any atom is -0.444 e. The average molecular weight is 401 g/mol. The smallest absolute Gasteiger partial charge is 0.412 e. The molecule has 0 aliphatic rings. The number of hydrogen-bond acceptors (Lipinski definition) is 4. The Balaban J connectivity index is 2.42. The van der Waals surface area contributed by atoms with E-state index in [-0.39, 0.29) is 5.82 Å². The molecule has 1 aromatic carbocycles. The molecule has 4 nitrogen and oxygen atoms in total. The second kappa shape index (κ2) is 6.49. The van der Waals surface area contributed by atoms with Crippen LogP contribution in [0.4, 0.5) is 20.6 Å². The van der Waals surface area contributed by atoms with Crippen molar-refractivity contribution in [2.45, 2.75) is 33.3 Å². The third-order valence-electron chi connectivity index (χ3n) is 2.96. The van der Waals surface area contributed by atoms with E-state index in [1.807, 2.05) is 0 Å². The van der Waals surface area contributed by atoms with Crippen LogP contribution in [0.25, 0.3) is 10.4 Å². The lowest BCUT2D eigenvalue weighted by Crippen LogP contribution is -2.27. The quantitative estimate of drug-likeness (QED) is 0.693. The monoisotopic (exact) mass is 400 g/mol. The van der Waals surface area contributed by atoms with Gasteiger partial charge in [-0.3, -0.25) is 5.32 Å². The summed E-state index contributed by atoms with van der Waals surface area (Å²) in [5.41, 5.74) is 7.88. The van der Waals surface area contributed by atoms with E-state index in [2.05, 4.69) is 21.2 Å². The largest absolute Gasteiger partial charge is 0.444 e. The third-order valence-corrected chi connectivity index (χ3v) is 4.90. The van der Waals surface area contributed by atoms with Crippen molar-refractivity contribution in [2.24, 2.45) is 0 Å². The molecule has 1 amide bonds. The molecule has 2 rings (SSSR count). The van der Waals surface area contributed by atoms with Crippen LogP contribution < -0.4 is 11.1 Å². The maximum atomic E-state index is 13.3.